The second-order valence-corrected chi connectivity index (χ2v) is 10.2. The van der Waals surface area contributed by atoms with Crippen molar-refractivity contribution in [3.63, 3.8) is 0 Å². The zero-order valence-corrected chi connectivity index (χ0v) is 23.2. The van der Waals surface area contributed by atoms with Gasteiger partial charge in [0.1, 0.15) is 12.7 Å². The average Bonchev–Trinajstić information content (AvgIpc) is 3.12. The lowest BCUT2D eigenvalue weighted by Crippen LogP contribution is -2.66. The second-order valence-electron chi connectivity index (χ2n) is 8.49. The van der Waals surface area contributed by atoms with Crippen LogP contribution in [0.25, 0.3) is 6.08 Å². The van der Waals surface area contributed by atoms with Crippen molar-refractivity contribution in [1.29, 1.82) is 0 Å². The molecule has 0 aromatic heterocycles. The summed E-state index contributed by atoms with van der Waals surface area (Å²) in [5, 5.41) is 10.9. The highest BCUT2D eigenvalue weighted by Gasteiger charge is 2.56. The fourth-order valence-corrected chi connectivity index (χ4v) is 5.27. The van der Waals surface area contributed by atoms with Gasteiger partial charge in [-0.15, -0.1) is 0 Å². The fraction of sp³-hybridized carbons (Fsp3) is 0.417. The fourth-order valence-electron chi connectivity index (χ4n) is 3.96. The van der Waals surface area contributed by atoms with Gasteiger partial charge >= 0.3 is 23.9 Å². The summed E-state index contributed by atoms with van der Waals surface area (Å²) in [5.41, 5.74) is 0.329. The monoisotopic (exact) mass is 596 g/mol. The Balaban J connectivity index is 2.03. The molecule has 1 amide bonds. The molecule has 2 aliphatic rings. The molecule has 214 valence electrons. The minimum absolute atomic E-state index is 0.0148. The number of non-ortho nitro benzene ring substituents is 1. The van der Waals surface area contributed by atoms with Gasteiger partial charge in [0.2, 0.25) is 0 Å². The molecule has 2 heterocycles. The van der Waals surface area contributed by atoms with Crippen molar-refractivity contribution in [3.8, 4) is 0 Å². The topological polar surface area (TPSA) is 178 Å². The molecule has 2 aliphatic heterocycles. The number of esters is 4. The first-order valence-electron chi connectivity index (χ1n) is 11.6. The van der Waals surface area contributed by atoms with E-state index in [2.05, 4.69) is 0 Å². The molecule has 14 nitrogen and oxygen atoms in total. The Bertz CT molecular complexity index is 1260. The number of nitro groups is 1. The van der Waals surface area contributed by atoms with Gasteiger partial charge in [-0.3, -0.25) is 39.0 Å². The number of rotatable bonds is 8. The van der Waals surface area contributed by atoms with Crippen LogP contribution in [0.2, 0.25) is 0 Å². The van der Waals surface area contributed by atoms with Crippen LogP contribution >= 0.6 is 24.0 Å². The standard InChI is InChI=1S/C24H24N2O12S2/c1-11(27)34-10-17-19(35-12(2)28)20(36-13(3)29)21(37-14(4)30)23(38-17)25-22(31)18(40-24(25)39)9-15-5-7-16(8-6-15)26(32)33/h5-9,17,19-21,23H,10H2,1-4H3/b18-9-/t17-,19+,20+,21+,23-/m1/s1. The Morgan fingerprint density at radius 3 is 2.05 bits per heavy atom. The number of hydrogen-bond acceptors (Lipinski definition) is 14. The predicted octanol–water partition coefficient (Wildman–Crippen LogP) is 1.88. The van der Waals surface area contributed by atoms with Crippen LogP contribution in [-0.4, -0.2) is 81.2 Å². The summed E-state index contributed by atoms with van der Waals surface area (Å²) in [4.78, 5) is 72.6. The molecule has 2 saturated heterocycles. The van der Waals surface area contributed by atoms with E-state index in [4.69, 9.17) is 35.9 Å². The molecule has 0 N–H and O–H groups in total. The maximum atomic E-state index is 13.5. The first kappa shape index (κ1) is 30.6. The first-order valence-corrected chi connectivity index (χ1v) is 12.8. The molecule has 1 aromatic carbocycles. The Labute approximate surface area is 237 Å². The Kier molecular flexibility index (Phi) is 9.94. The molecule has 0 aliphatic carbocycles. The summed E-state index contributed by atoms with van der Waals surface area (Å²) in [6.45, 7) is 3.91. The van der Waals surface area contributed by atoms with Crippen molar-refractivity contribution in [1.82, 2.24) is 4.90 Å². The molecule has 0 saturated carbocycles. The van der Waals surface area contributed by atoms with E-state index in [-0.39, 0.29) is 14.9 Å². The maximum absolute atomic E-state index is 13.5. The largest absolute Gasteiger partial charge is 0.463 e. The Morgan fingerprint density at radius 2 is 1.52 bits per heavy atom. The number of thiocarbonyl (C=S) groups is 1. The third-order valence-corrected chi connectivity index (χ3v) is 6.78. The lowest BCUT2D eigenvalue weighted by Gasteiger charge is -2.46. The normalized spacial score (nSPS) is 25.4. The molecule has 2 fully saturated rings. The number of ether oxygens (including phenoxy) is 5. The van der Waals surface area contributed by atoms with Crippen LogP contribution in [0.3, 0.4) is 0 Å². The van der Waals surface area contributed by atoms with Gasteiger partial charge in [-0.2, -0.15) is 0 Å². The average molecular weight is 597 g/mol. The molecule has 0 spiro atoms. The highest BCUT2D eigenvalue weighted by Crippen LogP contribution is 2.39. The molecule has 0 bridgehead atoms. The Morgan fingerprint density at radius 1 is 0.975 bits per heavy atom. The van der Waals surface area contributed by atoms with E-state index in [0.29, 0.717) is 5.56 Å². The summed E-state index contributed by atoms with van der Waals surface area (Å²) < 4.78 is 27.2. The van der Waals surface area contributed by atoms with Crippen molar-refractivity contribution >= 4 is 69.8 Å². The number of carbonyl (C=O) groups is 5. The predicted molar refractivity (Wildman–Crippen MR) is 140 cm³/mol. The van der Waals surface area contributed by atoms with Crippen LogP contribution in [0.4, 0.5) is 5.69 Å². The number of nitrogens with zero attached hydrogens (tertiary/aromatic N) is 2. The minimum Gasteiger partial charge on any atom is -0.463 e. The SMILES string of the molecule is CC(=O)OC[C@H]1O[C@@H](N2C(=O)/C(=C/c3ccc([N+](=O)[O-])cc3)SC2=S)[C@@H](OC(C)=O)[C@@H](OC(C)=O)[C@H]1OC(C)=O. The molecular formula is C24H24N2O12S2. The number of thioether (sulfide) groups is 1. The van der Waals surface area contributed by atoms with E-state index < -0.39 is 72.0 Å². The number of amides is 1. The highest BCUT2D eigenvalue weighted by molar-refractivity contribution is 8.26. The van der Waals surface area contributed by atoms with Gasteiger partial charge in [-0.1, -0.05) is 24.0 Å². The zero-order valence-electron chi connectivity index (χ0n) is 21.6. The molecular weight excluding hydrogens is 572 g/mol. The van der Waals surface area contributed by atoms with E-state index in [9.17, 15) is 34.1 Å². The van der Waals surface area contributed by atoms with E-state index in [1.54, 1.807) is 0 Å². The van der Waals surface area contributed by atoms with E-state index in [1.807, 2.05) is 0 Å². The number of benzene rings is 1. The Hall–Kier alpha value is -3.89. The summed E-state index contributed by atoms with van der Waals surface area (Å²) in [7, 11) is 0. The number of carbonyl (C=O) groups excluding carboxylic acids is 5. The van der Waals surface area contributed by atoms with Gasteiger partial charge in [0, 0.05) is 39.8 Å². The van der Waals surface area contributed by atoms with Crippen molar-refractivity contribution in [2.24, 2.45) is 0 Å². The molecule has 1 aromatic rings. The maximum Gasteiger partial charge on any atom is 0.303 e. The van der Waals surface area contributed by atoms with Crippen LogP contribution < -0.4 is 0 Å². The van der Waals surface area contributed by atoms with E-state index in [0.717, 1.165) is 44.4 Å². The van der Waals surface area contributed by atoms with Crippen LogP contribution in [0.1, 0.15) is 33.3 Å². The molecule has 0 unspecified atom stereocenters. The van der Waals surface area contributed by atoms with E-state index >= 15 is 0 Å². The third kappa shape index (κ3) is 7.40. The van der Waals surface area contributed by atoms with Gasteiger partial charge in [0.05, 0.1) is 9.83 Å². The number of hydrogen-bond donors (Lipinski definition) is 0. The highest BCUT2D eigenvalue weighted by atomic mass is 32.2. The smallest absolute Gasteiger partial charge is 0.303 e. The molecule has 3 rings (SSSR count). The van der Waals surface area contributed by atoms with Crippen LogP contribution in [0.5, 0.6) is 0 Å². The second kappa shape index (κ2) is 13.0. The zero-order chi connectivity index (χ0) is 29.7. The molecule has 0 radical (unpaired) electrons. The lowest BCUT2D eigenvalue weighted by molar-refractivity contribution is -0.384. The van der Waals surface area contributed by atoms with Crippen LogP contribution in [0, 0.1) is 10.1 Å². The van der Waals surface area contributed by atoms with Gasteiger partial charge in [-0.25, -0.2) is 0 Å². The lowest BCUT2D eigenvalue weighted by atomic mass is 9.96. The number of nitro benzene ring substituents is 1. The van der Waals surface area contributed by atoms with Gasteiger partial charge < -0.3 is 23.7 Å². The minimum atomic E-state index is -1.51. The van der Waals surface area contributed by atoms with Crippen LogP contribution in [-0.2, 0) is 47.7 Å². The quantitative estimate of drug-likeness (QED) is 0.106. The van der Waals surface area contributed by atoms with Crippen molar-refractivity contribution in [2.75, 3.05) is 6.61 Å². The van der Waals surface area contributed by atoms with Crippen LogP contribution in [0.15, 0.2) is 29.2 Å². The van der Waals surface area contributed by atoms with Crippen molar-refractivity contribution in [2.45, 2.75) is 58.3 Å². The van der Waals surface area contributed by atoms with Gasteiger partial charge in [-0.05, 0) is 23.8 Å². The molecule has 40 heavy (non-hydrogen) atoms. The third-order valence-electron chi connectivity index (χ3n) is 5.45. The first-order chi connectivity index (χ1) is 18.8. The summed E-state index contributed by atoms with van der Waals surface area (Å²) >= 11 is 6.31. The van der Waals surface area contributed by atoms with Crippen molar-refractivity contribution in [3.05, 3.63) is 44.8 Å². The summed E-state index contributed by atoms with van der Waals surface area (Å²) in [6, 6.07) is 5.43. The molecule has 5 atom stereocenters. The summed E-state index contributed by atoms with van der Waals surface area (Å²) in [5.74, 6) is -3.81. The van der Waals surface area contributed by atoms with Gasteiger partial charge in [0.15, 0.2) is 28.9 Å². The molecule has 16 heteroatoms. The van der Waals surface area contributed by atoms with Crippen molar-refractivity contribution < 1.29 is 52.6 Å². The summed E-state index contributed by atoms with van der Waals surface area (Å²) in [6.07, 6.45) is -5.69. The van der Waals surface area contributed by atoms with E-state index in [1.165, 1.54) is 30.3 Å². The van der Waals surface area contributed by atoms with Gasteiger partial charge in [0.25, 0.3) is 11.6 Å².